The number of aryl methyl sites for hydroxylation is 1. The van der Waals surface area contributed by atoms with Gasteiger partial charge < -0.3 is 24.4 Å². The first-order valence-corrected chi connectivity index (χ1v) is 16.0. The Morgan fingerprint density at radius 2 is 1.67 bits per heavy atom. The predicted molar refractivity (Wildman–Crippen MR) is 182 cm³/mol. The molecule has 0 saturated carbocycles. The molecule has 3 unspecified atom stereocenters. The fraction of sp³-hybridized carbons (Fsp3) is 0.175. The van der Waals surface area contributed by atoms with Crippen molar-refractivity contribution in [3.8, 4) is 34.0 Å². The number of esters is 1. The van der Waals surface area contributed by atoms with Gasteiger partial charge in [0.1, 0.15) is 6.61 Å². The zero-order valence-corrected chi connectivity index (χ0v) is 26.5. The number of fused-ring (bicyclic) bond motifs is 5. The van der Waals surface area contributed by atoms with Crippen LogP contribution in [0.4, 0.5) is 5.69 Å². The van der Waals surface area contributed by atoms with Crippen molar-refractivity contribution in [2.75, 3.05) is 12.4 Å². The van der Waals surface area contributed by atoms with E-state index in [2.05, 4.69) is 51.9 Å². The summed E-state index contributed by atoms with van der Waals surface area (Å²) >= 11 is 0. The summed E-state index contributed by atoms with van der Waals surface area (Å²) in [5.74, 6) is 1.43. The van der Waals surface area contributed by atoms with Crippen LogP contribution in [0.2, 0.25) is 0 Å². The molecule has 0 bridgehead atoms. The number of carbonyl (C=O) groups excluding carboxylic acids is 1. The lowest BCUT2D eigenvalue weighted by Crippen LogP contribution is -2.30. The van der Waals surface area contributed by atoms with Crippen molar-refractivity contribution in [3.05, 3.63) is 148 Å². The monoisotopic (exact) mass is 635 g/mol. The molecule has 3 atom stereocenters. The van der Waals surface area contributed by atoms with Gasteiger partial charge in [-0.2, -0.15) is 4.98 Å². The Bertz CT molecular complexity index is 2140. The number of ether oxygens (including phenoxy) is 2. The highest BCUT2D eigenvalue weighted by molar-refractivity contribution is 5.90. The van der Waals surface area contributed by atoms with Gasteiger partial charge in [0.15, 0.2) is 11.5 Å². The van der Waals surface area contributed by atoms with E-state index >= 15 is 0 Å². The standard InChI is InChI=1S/C40H33N3O5/c1-23-41-39(43-48-23)28-16-17-34-32(19-28)37-29-11-7-6-10-27(29)18-33(37)38(42-34)31-21-36(46-2)35(44)20-30(31)25-12-14-26(15-13-25)40(45)47-22-24-8-4-3-5-9-24/h3-17,19-21,33,37-38,42,44H,18,22H2,1-2H3. The van der Waals surface area contributed by atoms with Crippen LogP contribution >= 0.6 is 0 Å². The Labute approximate surface area is 278 Å². The van der Waals surface area contributed by atoms with E-state index < -0.39 is 5.97 Å². The molecule has 6 aromatic rings. The number of phenols is 1. The van der Waals surface area contributed by atoms with Crippen LogP contribution in [0.25, 0.3) is 22.5 Å². The number of aromatic nitrogens is 2. The molecule has 0 spiro atoms. The maximum Gasteiger partial charge on any atom is 0.338 e. The number of methoxy groups -OCH3 is 1. The minimum absolute atomic E-state index is 0.0464. The van der Waals surface area contributed by atoms with E-state index in [4.69, 9.17) is 14.0 Å². The molecule has 1 aliphatic carbocycles. The van der Waals surface area contributed by atoms with Crippen LogP contribution in [-0.4, -0.2) is 28.3 Å². The average molecular weight is 636 g/mol. The number of nitrogens with zero attached hydrogens (tertiary/aromatic N) is 2. The molecule has 48 heavy (non-hydrogen) atoms. The molecule has 0 radical (unpaired) electrons. The van der Waals surface area contributed by atoms with Gasteiger partial charge in [0, 0.05) is 24.1 Å². The van der Waals surface area contributed by atoms with Crippen molar-refractivity contribution in [1.82, 2.24) is 10.1 Å². The maximum atomic E-state index is 12.9. The number of carbonyl (C=O) groups is 1. The molecule has 1 aliphatic heterocycles. The van der Waals surface area contributed by atoms with Crippen LogP contribution in [0.1, 0.15) is 56.0 Å². The lowest BCUT2D eigenvalue weighted by Gasteiger charge is -2.39. The molecular formula is C40H33N3O5. The number of phenolic OH excluding ortho intramolecular Hbond substituents is 1. The number of hydrogen-bond donors (Lipinski definition) is 2. The second kappa shape index (κ2) is 12.0. The number of anilines is 1. The first-order valence-electron chi connectivity index (χ1n) is 16.0. The topological polar surface area (TPSA) is 107 Å². The third-order valence-corrected chi connectivity index (χ3v) is 9.52. The normalized spacial score (nSPS) is 17.5. The highest BCUT2D eigenvalue weighted by Crippen LogP contribution is 2.56. The summed E-state index contributed by atoms with van der Waals surface area (Å²) in [7, 11) is 1.56. The Kier molecular flexibility index (Phi) is 7.40. The molecule has 238 valence electrons. The van der Waals surface area contributed by atoms with Crippen LogP contribution in [-0.2, 0) is 17.8 Å². The zero-order valence-electron chi connectivity index (χ0n) is 26.5. The van der Waals surface area contributed by atoms with E-state index in [1.807, 2.05) is 54.6 Å². The predicted octanol–water partition coefficient (Wildman–Crippen LogP) is 8.25. The molecule has 8 rings (SSSR count). The van der Waals surface area contributed by atoms with Gasteiger partial charge in [-0.25, -0.2) is 4.79 Å². The van der Waals surface area contributed by atoms with Gasteiger partial charge >= 0.3 is 5.97 Å². The fourth-order valence-electron chi connectivity index (χ4n) is 7.27. The molecule has 5 aromatic carbocycles. The number of nitrogens with one attached hydrogen (secondary N) is 1. The van der Waals surface area contributed by atoms with Gasteiger partial charge in [-0.1, -0.05) is 71.9 Å². The molecule has 8 nitrogen and oxygen atoms in total. The molecule has 2 N–H and O–H groups in total. The van der Waals surface area contributed by atoms with E-state index in [1.54, 1.807) is 32.2 Å². The largest absolute Gasteiger partial charge is 0.504 e. The minimum Gasteiger partial charge on any atom is -0.504 e. The number of aromatic hydroxyl groups is 1. The summed E-state index contributed by atoms with van der Waals surface area (Å²) in [5.41, 5.74) is 9.84. The summed E-state index contributed by atoms with van der Waals surface area (Å²) in [5, 5.41) is 19.0. The van der Waals surface area contributed by atoms with Gasteiger partial charge in [0.2, 0.25) is 11.7 Å². The molecule has 8 heteroatoms. The number of benzene rings is 5. The molecular weight excluding hydrogens is 602 g/mol. The first-order chi connectivity index (χ1) is 23.5. The lowest BCUT2D eigenvalue weighted by atomic mass is 9.74. The highest BCUT2D eigenvalue weighted by Gasteiger charge is 2.44. The van der Waals surface area contributed by atoms with Crippen molar-refractivity contribution in [1.29, 1.82) is 0 Å². The summed E-state index contributed by atoms with van der Waals surface area (Å²) in [6.07, 6.45) is 0.873. The molecule has 1 aromatic heterocycles. The Hall–Kier alpha value is -5.89. The van der Waals surface area contributed by atoms with Crippen molar-refractivity contribution in [2.24, 2.45) is 5.92 Å². The number of rotatable bonds is 7. The Balaban J connectivity index is 1.18. The van der Waals surface area contributed by atoms with E-state index in [1.165, 1.54) is 16.7 Å². The average Bonchev–Trinajstić information content (AvgIpc) is 3.74. The molecule has 0 amide bonds. The summed E-state index contributed by atoms with van der Waals surface area (Å²) in [6, 6.07) is 35.5. The van der Waals surface area contributed by atoms with Crippen molar-refractivity contribution < 1.29 is 23.9 Å². The Morgan fingerprint density at radius 1 is 0.896 bits per heavy atom. The van der Waals surface area contributed by atoms with Crippen LogP contribution in [0.5, 0.6) is 11.5 Å². The molecule has 2 aliphatic rings. The van der Waals surface area contributed by atoms with Crippen molar-refractivity contribution in [3.63, 3.8) is 0 Å². The van der Waals surface area contributed by atoms with Crippen LogP contribution in [0.3, 0.4) is 0 Å². The molecule has 2 heterocycles. The van der Waals surface area contributed by atoms with Crippen molar-refractivity contribution >= 4 is 11.7 Å². The fourth-order valence-corrected chi connectivity index (χ4v) is 7.27. The van der Waals surface area contributed by atoms with Crippen LogP contribution in [0, 0.1) is 12.8 Å². The second-order valence-corrected chi connectivity index (χ2v) is 12.4. The second-order valence-electron chi connectivity index (χ2n) is 12.4. The minimum atomic E-state index is -0.393. The lowest BCUT2D eigenvalue weighted by molar-refractivity contribution is 0.0472. The van der Waals surface area contributed by atoms with Gasteiger partial charge in [-0.15, -0.1) is 0 Å². The SMILES string of the molecule is COc1cc(C2Nc3ccc(-c4noc(C)n4)cc3C3c4ccccc4CC23)c(-c2ccc(C(=O)OCc3ccccc3)cc2)cc1O. The Morgan fingerprint density at radius 3 is 2.44 bits per heavy atom. The molecule has 0 fully saturated rings. The third kappa shape index (κ3) is 5.25. The highest BCUT2D eigenvalue weighted by atomic mass is 16.5. The summed E-state index contributed by atoms with van der Waals surface area (Å²) < 4.78 is 16.5. The van der Waals surface area contributed by atoms with Gasteiger partial charge in [-0.05, 0) is 93.7 Å². The zero-order chi connectivity index (χ0) is 32.8. The third-order valence-electron chi connectivity index (χ3n) is 9.52. The van der Waals surface area contributed by atoms with E-state index in [-0.39, 0.29) is 30.2 Å². The van der Waals surface area contributed by atoms with E-state index in [0.717, 1.165) is 39.9 Å². The summed E-state index contributed by atoms with van der Waals surface area (Å²) in [4.78, 5) is 17.4. The van der Waals surface area contributed by atoms with Crippen LogP contribution < -0.4 is 10.1 Å². The van der Waals surface area contributed by atoms with E-state index in [9.17, 15) is 9.90 Å². The van der Waals surface area contributed by atoms with Crippen LogP contribution in [0.15, 0.2) is 114 Å². The summed E-state index contributed by atoms with van der Waals surface area (Å²) in [6.45, 7) is 1.99. The van der Waals surface area contributed by atoms with Gasteiger partial charge in [-0.3, -0.25) is 0 Å². The first kappa shape index (κ1) is 29.5. The quantitative estimate of drug-likeness (QED) is 0.169. The maximum absolute atomic E-state index is 12.9. The van der Waals surface area contributed by atoms with Gasteiger partial charge in [0.05, 0.1) is 18.7 Å². The smallest absolute Gasteiger partial charge is 0.338 e. The molecule has 0 saturated heterocycles. The van der Waals surface area contributed by atoms with Crippen molar-refractivity contribution in [2.45, 2.75) is 31.9 Å². The van der Waals surface area contributed by atoms with E-state index in [0.29, 0.717) is 23.0 Å². The van der Waals surface area contributed by atoms with Gasteiger partial charge in [0.25, 0.3) is 0 Å². The number of hydrogen-bond acceptors (Lipinski definition) is 8.